The summed E-state index contributed by atoms with van der Waals surface area (Å²) in [5.74, 6) is 0.256. The number of pyridine rings is 1. The standard InChI is InChI=1S/C25H27N5O3/c1-18-20(25(33)28-19-9-3-2-4-10-19)17-26-24(27-18)21-11-5-8-15-30(21)23(32)13-16-29-14-7-6-12-22(29)31/h2-4,6-7,9-10,12,14,17,21H,5,8,11,13,15-16H2,1H3,(H,28,33). The lowest BCUT2D eigenvalue weighted by Gasteiger charge is -2.35. The van der Waals surface area contributed by atoms with E-state index in [1.807, 2.05) is 35.2 Å². The summed E-state index contributed by atoms with van der Waals surface area (Å²) in [6, 6.07) is 13.9. The lowest BCUT2D eigenvalue weighted by atomic mass is 10.0. The summed E-state index contributed by atoms with van der Waals surface area (Å²) in [7, 11) is 0. The average Bonchev–Trinajstić information content (AvgIpc) is 2.84. The van der Waals surface area contributed by atoms with Gasteiger partial charge in [-0.25, -0.2) is 9.97 Å². The molecule has 3 heterocycles. The molecular weight excluding hydrogens is 418 g/mol. The number of carbonyl (C=O) groups is 2. The van der Waals surface area contributed by atoms with Crippen LogP contribution in [0.4, 0.5) is 5.69 Å². The van der Waals surface area contributed by atoms with Crippen LogP contribution in [0.5, 0.6) is 0 Å². The van der Waals surface area contributed by atoms with Gasteiger partial charge in [-0.15, -0.1) is 0 Å². The largest absolute Gasteiger partial charge is 0.332 e. The Labute approximate surface area is 192 Å². The van der Waals surface area contributed by atoms with Gasteiger partial charge in [-0.2, -0.15) is 0 Å². The summed E-state index contributed by atoms with van der Waals surface area (Å²) in [5.41, 5.74) is 1.55. The van der Waals surface area contributed by atoms with Crippen molar-refractivity contribution in [2.45, 2.75) is 45.2 Å². The van der Waals surface area contributed by atoms with Crippen molar-refractivity contribution in [1.82, 2.24) is 19.4 Å². The van der Waals surface area contributed by atoms with E-state index < -0.39 is 0 Å². The number of benzene rings is 1. The highest BCUT2D eigenvalue weighted by atomic mass is 16.2. The maximum atomic E-state index is 13.0. The van der Waals surface area contributed by atoms with Crippen LogP contribution in [0.3, 0.4) is 0 Å². The first kappa shape index (κ1) is 22.4. The Hall–Kier alpha value is -3.81. The highest BCUT2D eigenvalue weighted by molar-refractivity contribution is 6.04. The molecule has 1 fully saturated rings. The van der Waals surface area contributed by atoms with Gasteiger partial charge in [0.1, 0.15) is 0 Å². The molecule has 0 bridgehead atoms. The normalized spacial score (nSPS) is 15.8. The van der Waals surface area contributed by atoms with E-state index in [1.165, 1.54) is 16.8 Å². The molecule has 0 spiro atoms. The van der Waals surface area contributed by atoms with Crippen molar-refractivity contribution < 1.29 is 9.59 Å². The number of anilines is 1. The maximum absolute atomic E-state index is 13.0. The molecule has 1 aromatic carbocycles. The van der Waals surface area contributed by atoms with E-state index in [0.29, 0.717) is 35.9 Å². The van der Waals surface area contributed by atoms with E-state index in [2.05, 4.69) is 15.3 Å². The summed E-state index contributed by atoms with van der Waals surface area (Å²) in [6.45, 7) is 2.74. The summed E-state index contributed by atoms with van der Waals surface area (Å²) < 4.78 is 1.54. The number of rotatable bonds is 6. The lowest BCUT2D eigenvalue weighted by Crippen LogP contribution is -2.40. The van der Waals surface area contributed by atoms with Crippen LogP contribution in [0.25, 0.3) is 0 Å². The van der Waals surface area contributed by atoms with E-state index in [4.69, 9.17) is 0 Å². The minimum atomic E-state index is -0.268. The minimum absolute atomic E-state index is 0.0254. The van der Waals surface area contributed by atoms with Crippen molar-refractivity contribution in [3.8, 4) is 0 Å². The molecule has 8 heteroatoms. The van der Waals surface area contributed by atoms with Crippen molar-refractivity contribution in [2.75, 3.05) is 11.9 Å². The number of para-hydroxylation sites is 1. The number of nitrogens with zero attached hydrogens (tertiary/aromatic N) is 4. The van der Waals surface area contributed by atoms with Crippen LogP contribution in [-0.4, -0.2) is 37.8 Å². The fourth-order valence-electron chi connectivity index (χ4n) is 4.09. The molecule has 1 saturated heterocycles. The first-order valence-corrected chi connectivity index (χ1v) is 11.2. The van der Waals surface area contributed by atoms with Crippen LogP contribution in [0.2, 0.25) is 0 Å². The lowest BCUT2D eigenvalue weighted by molar-refractivity contribution is -0.135. The fraction of sp³-hybridized carbons (Fsp3) is 0.320. The van der Waals surface area contributed by atoms with Crippen LogP contribution >= 0.6 is 0 Å². The Morgan fingerprint density at radius 2 is 1.88 bits per heavy atom. The van der Waals surface area contributed by atoms with Crippen LogP contribution in [0.1, 0.15) is 53.6 Å². The number of nitrogens with one attached hydrogen (secondary N) is 1. The van der Waals surface area contributed by atoms with Gasteiger partial charge in [-0.1, -0.05) is 24.3 Å². The van der Waals surface area contributed by atoms with E-state index in [1.54, 1.807) is 25.3 Å². The average molecular weight is 446 g/mol. The van der Waals surface area contributed by atoms with Crippen molar-refractivity contribution in [3.63, 3.8) is 0 Å². The summed E-state index contributed by atoms with van der Waals surface area (Å²) >= 11 is 0. The van der Waals surface area contributed by atoms with Crippen molar-refractivity contribution in [3.05, 3.63) is 88.4 Å². The van der Waals surface area contributed by atoms with Gasteiger partial charge in [-0.05, 0) is 44.4 Å². The molecule has 0 radical (unpaired) electrons. The van der Waals surface area contributed by atoms with Gasteiger partial charge in [-0.3, -0.25) is 14.4 Å². The molecule has 1 aliphatic rings. The molecule has 3 aromatic rings. The molecular formula is C25H27N5O3. The number of hydrogen-bond acceptors (Lipinski definition) is 5. The highest BCUT2D eigenvalue weighted by Gasteiger charge is 2.30. The topological polar surface area (TPSA) is 97.2 Å². The van der Waals surface area contributed by atoms with Gasteiger partial charge >= 0.3 is 0 Å². The van der Waals surface area contributed by atoms with Gasteiger partial charge in [0.05, 0.1) is 17.3 Å². The van der Waals surface area contributed by atoms with Crippen LogP contribution in [0.15, 0.2) is 65.7 Å². The number of amides is 2. The smallest absolute Gasteiger partial charge is 0.259 e. The van der Waals surface area contributed by atoms with Gasteiger partial charge in [0, 0.05) is 43.7 Å². The molecule has 8 nitrogen and oxygen atoms in total. The van der Waals surface area contributed by atoms with Crippen LogP contribution in [-0.2, 0) is 11.3 Å². The van der Waals surface area contributed by atoms with Crippen molar-refractivity contribution >= 4 is 17.5 Å². The SMILES string of the molecule is Cc1nc(C2CCCCN2C(=O)CCn2ccccc2=O)ncc1C(=O)Nc1ccccc1. The number of aromatic nitrogens is 3. The monoisotopic (exact) mass is 445 g/mol. The Kier molecular flexibility index (Phi) is 6.92. The van der Waals surface area contributed by atoms with Gasteiger partial charge in [0.2, 0.25) is 5.91 Å². The second-order valence-corrected chi connectivity index (χ2v) is 8.13. The third-order valence-electron chi connectivity index (χ3n) is 5.86. The van der Waals surface area contributed by atoms with Gasteiger partial charge < -0.3 is 14.8 Å². The molecule has 0 saturated carbocycles. The fourth-order valence-corrected chi connectivity index (χ4v) is 4.09. The Bertz CT molecular complexity index is 1190. The Morgan fingerprint density at radius 1 is 1.09 bits per heavy atom. The van der Waals surface area contributed by atoms with Gasteiger partial charge in [0.15, 0.2) is 5.82 Å². The predicted molar refractivity (Wildman–Crippen MR) is 125 cm³/mol. The Morgan fingerprint density at radius 3 is 2.64 bits per heavy atom. The minimum Gasteiger partial charge on any atom is -0.332 e. The number of piperidine rings is 1. The molecule has 1 atom stereocenters. The first-order valence-electron chi connectivity index (χ1n) is 11.2. The van der Waals surface area contributed by atoms with Gasteiger partial charge in [0.25, 0.3) is 11.5 Å². The zero-order valence-electron chi connectivity index (χ0n) is 18.6. The second-order valence-electron chi connectivity index (χ2n) is 8.13. The molecule has 0 aliphatic carbocycles. The summed E-state index contributed by atoms with van der Waals surface area (Å²) in [6.07, 6.45) is 6.13. The predicted octanol–water partition coefficient (Wildman–Crippen LogP) is 3.34. The third-order valence-corrected chi connectivity index (χ3v) is 5.86. The number of hydrogen-bond donors (Lipinski definition) is 1. The molecule has 2 aromatic heterocycles. The zero-order valence-corrected chi connectivity index (χ0v) is 18.6. The first-order chi connectivity index (χ1) is 16.0. The number of aryl methyl sites for hydroxylation is 2. The molecule has 1 N–H and O–H groups in total. The summed E-state index contributed by atoms with van der Waals surface area (Å²) in [5, 5.41) is 2.85. The number of likely N-dealkylation sites (tertiary alicyclic amines) is 1. The number of carbonyl (C=O) groups excluding carboxylic acids is 2. The molecule has 1 aliphatic heterocycles. The van der Waals surface area contributed by atoms with Crippen molar-refractivity contribution in [2.24, 2.45) is 0 Å². The Balaban J connectivity index is 1.47. The summed E-state index contributed by atoms with van der Waals surface area (Å²) in [4.78, 5) is 48.5. The molecule has 4 rings (SSSR count). The van der Waals surface area contributed by atoms with E-state index in [9.17, 15) is 14.4 Å². The maximum Gasteiger partial charge on any atom is 0.259 e. The van der Waals surface area contributed by atoms with Crippen molar-refractivity contribution in [1.29, 1.82) is 0 Å². The quantitative estimate of drug-likeness (QED) is 0.628. The molecule has 2 amide bonds. The second kappa shape index (κ2) is 10.2. The van der Waals surface area contributed by atoms with E-state index in [0.717, 1.165) is 19.3 Å². The van der Waals surface area contributed by atoms with E-state index >= 15 is 0 Å². The molecule has 1 unspecified atom stereocenters. The molecule has 33 heavy (non-hydrogen) atoms. The molecule has 170 valence electrons. The highest BCUT2D eigenvalue weighted by Crippen LogP contribution is 2.30. The third kappa shape index (κ3) is 5.34. The zero-order chi connectivity index (χ0) is 23.2. The van der Waals surface area contributed by atoms with Crippen LogP contribution in [0, 0.1) is 6.92 Å². The van der Waals surface area contributed by atoms with E-state index in [-0.39, 0.29) is 29.8 Å². The van der Waals surface area contributed by atoms with Crippen LogP contribution < -0.4 is 10.9 Å².